The topological polar surface area (TPSA) is 50.3 Å². The maximum atomic E-state index is 5.67. The van der Waals surface area contributed by atoms with Crippen molar-refractivity contribution < 1.29 is 4.74 Å². The molecule has 0 spiro atoms. The van der Waals surface area contributed by atoms with Gasteiger partial charge >= 0.3 is 0 Å². The molecule has 1 N–H and O–H groups in total. The summed E-state index contributed by atoms with van der Waals surface area (Å²) < 4.78 is 5.67. The number of hydrogen-bond acceptors (Lipinski definition) is 5. The third-order valence-electron chi connectivity index (χ3n) is 3.55. The molecule has 1 unspecified atom stereocenters. The van der Waals surface area contributed by atoms with Gasteiger partial charge in [0.05, 0.1) is 6.10 Å². The molecule has 0 radical (unpaired) electrons. The third-order valence-corrected chi connectivity index (χ3v) is 3.55. The molecule has 0 aromatic carbocycles. The number of ether oxygens (including phenoxy) is 1. The third kappa shape index (κ3) is 4.15. The highest BCUT2D eigenvalue weighted by Crippen LogP contribution is 2.15. The molecule has 0 saturated carbocycles. The Bertz CT molecular complexity index is 424. The fourth-order valence-electron chi connectivity index (χ4n) is 2.38. The van der Waals surface area contributed by atoms with Crippen LogP contribution in [0.5, 0.6) is 0 Å². The highest BCUT2D eigenvalue weighted by Gasteiger charge is 2.17. The van der Waals surface area contributed by atoms with Crippen molar-refractivity contribution in [3.8, 4) is 0 Å². The first-order valence-corrected chi connectivity index (χ1v) is 7.60. The van der Waals surface area contributed by atoms with Gasteiger partial charge in [-0.3, -0.25) is 0 Å². The minimum Gasteiger partial charge on any atom is -0.377 e. The maximum Gasteiger partial charge on any atom is 0.225 e. The molecule has 5 heteroatoms. The molecule has 20 heavy (non-hydrogen) atoms. The van der Waals surface area contributed by atoms with Crippen LogP contribution in [0.3, 0.4) is 0 Å². The molecule has 1 fully saturated rings. The molecule has 1 saturated heterocycles. The maximum absolute atomic E-state index is 5.67. The summed E-state index contributed by atoms with van der Waals surface area (Å²) in [6.07, 6.45) is 4.37. The van der Waals surface area contributed by atoms with E-state index < -0.39 is 0 Å². The molecular weight excluding hydrogens is 252 g/mol. The van der Waals surface area contributed by atoms with E-state index in [4.69, 9.17) is 4.74 Å². The Morgan fingerprint density at radius 2 is 2.35 bits per heavy atom. The Morgan fingerprint density at radius 3 is 3.10 bits per heavy atom. The van der Waals surface area contributed by atoms with Gasteiger partial charge in [-0.1, -0.05) is 6.92 Å². The molecule has 1 aromatic heterocycles. The fraction of sp³-hybridized carbons (Fsp3) is 0.733. The summed E-state index contributed by atoms with van der Waals surface area (Å²) >= 11 is 0. The van der Waals surface area contributed by atoms with Crippen molar-refractivity contribution in [1.82, 2.24) is 15.3 Å². The first-order valence-electron chi connectivity index (χ1n) is 7.60. The van der Waals surface area contributed by atoms with Crippen LogP contribution in [0.4, 0.5) is 5.95 Å². The predicted octanol–water partition coefficient (Wildman–Crippen LogP) is 1.90. The quantitative estimate of drug-likeness (QED) is 0.834. The second-order valence-electron chi connectivity index (χ2n) is 5.44. The largest absolute Gasteiger partial charge is 0.377 e. The van der Waals surface area contributed by atoms with Crippen molar-refractivity contribution in [2.75, 3.05) is 31.1 Å². The molecule has 0 aliphatic carbocycles. The van der Waals surface area contributed by atoms with Gasteiger partial charge in [0.1, 0.15) is 0 Å². The van der Waals surface area contributed by atoms with Crippen LogP contribution in [0.15, 0.2) is 6.20 Å². The Morgan fingerprint density at radius 1 is 1.50 bits per heavy atom. The lowest BCUT2D eigenvalue weighted by Gasteiger charge is -2.22. The normalized spacial score (nSPS) is 19.9. The summed E-state index contributed by atoms with van der Waals surface area (Å²) in [5.41, 5.74) is 2.25. The van der Waals surface area contributed by atoms with Gasteiger partial charge in [0, 0.05) is 43.7 Å². The number of rotatable bonds is 5. The number of anilines is 1. The van der Waals surface area contributed by atoms with Gasteiger partial charge < -0.3 is 15.0 Å². The second kappa shape index (κ2) is 7.55. The Hall–Kier alpha value is -1.20. The van der Waals surface area contributed by atoms with Crippen molar-refractivity contribution in [2.24, 2.45) is 0 Å². The monoisotopic (exact) mass is 278 g/mol. The molecule has 0 bridgehead atoms. The van der Waals surface area contributed by atoms with Crippen molar-refractivity contribution in [2.45, 2.75) is 46.3 Å². The van der Waals surface area contributed by atoms with E-state index in [1.807, 2.05) is 6.20 Å². The highest BCUT2D eigenvalue weighted by atomic mass is 16.5. The average Bonchev–Trinajstić information content (AvgIpc) is 2.65. The van der Waals surface area contributed by atoms with E-state index in [1.54, 1.807) is 0 Å². The smallest absolute Gasteiger partial charge is 0.225 e. The van der Waals surface area contributed by atoms with Gasteiger partial charge in [0.2, 0.25) is 5.95 Å². The first-order chi connectivity index (χ1) is 9.70. The van der Waals surface area contributed by atoms with Crippen LogP contribution in [0.1, 0.15) is 37.9 Å². The number of nitrogens with zero attached hydrogens (tertiary/aromatic N) is 3. The van der Waals surface area contributed by atoms with E-state index in [1.165, 1.54) is 5.56 Å². The van der Waals surface area contributed by atoms with Gasteiger partial charge in [-0.15, -0.1) is 0 Å². The van der Waals surface area contributed by atoms with Crippen LogP contribution >= 0.6 is 0 Å². The summed E-state index contributed by atoms with van der Waals surface area (Å²) in [5, 5.41) is 3.39. The Kier molecular flexibility index (Phi) is 5.73. The minimum absolute atomic E-state index is 0.243. The average molecular weight is 278 g/mol. The highest BCUT2D eigenvalue weighted by molar-refractivity contribution is 5.33. The Balaban J connectivity index is 2.03. The number of hydrogen-bond donors (Lipinski definition) is 1. The lowest BCUT2D eigenvalue weighted by Crippen LogP contribution is -2.32. The molecule has 112 valence electrons. The van der Waals surface area contributed by atoms with E-state index in [9.17, 15) is 0 Å². The SMILES string of the molecule is CCCNCc1cnc(N2CCCOC(C)C2)nc1C. The fourth-order valence-corrected chi connectivity index (χ4v) is 2.38. The lowest BCUT2D eigenvalue weighted by molar-refractivity contribution is 0.0820. The van der Waals surface area contributed by atoms with Gasteiger partial charge in [-0.2, -0.15) is 0 Å². The molecule has 2 rings (SSSR count). The van der Waals surface area contributed by atoms with E-state index in [0.717, 1.165) is 57.3 Å². The summed E-state index contributed by atoms with van der Waals surface area (Å²) in [7, 11) is 0. The van der Waals surface area contributed by atoms with Crippen molar-refractivity contribution in [1.29, 1.82) is 0 Å². The first kappa shape index (κ1) is 15.2. The van der Waals surface area contributed by atoms with Gasteiger partial charge in [-0.05, 0) is 33.2 Å². The summed E-state index contributed by atoms with van der Waals surface area (Å²) in [5.74, 6) is 0.832. The standard InChI is InChI=1S/C15H26N4O/c1-4-6-16-9-14-10-17-15(18-13(14)3)19-7-5-8-20-12(2)11-19/h10,12,16H,4-9,11H2,1-3H3. The molecule has 2 heterocycles. The number of aromatic nitrogens is 2. The van der Waals surface area contributed by atoms with Crippen LogP contribution in [-0.2, 0) is 11.3 Å². The molecule has 1 aliphatic rings. The van der Waals surface area contributed by atoms with Crippen molar-refractivity contribution in [3.63, 3.8) is 0 Å². The summed E-state index contributed by atoms with van der Waals surface area (Å²) in [6.45, 7) is 10.9. The van der Waals surface area contributed by atoms with Crippen LogP contribution in [0.25, 0.3) is 0 Å². The van der Waals surface area contributed by atoms with Crippen molar-refractivity contribution >= 4 is 5.95 Å². The minimum atomic E-state index is 0.243. The summed E-state index contributed by atoms with van der Waals surface area (Å²) in [4.78, 5) is 11.4. The molecule has 0 amide bonds. The van der Waals surface area contributed by atoms with Crippen LogP contribution in [0, 0.1) is 6.92 Å². The molecule has 1 aromatic rings. The van der Waals surface area contributed by atoms with Crippen LogP contribution < -0.4 is 10.2 Å². The molecular formula is C15H26N4O. The number of nitrogens with one attached hydrogen (secondary N) is 1. The van der Waals surface area contributed by atoms with E-state index >= 15 is 0 Å². The van der Waals surface area contributed by atoms with E-state index in [0.29, 0.717) is 0 Å². The number of aryl methyl sites for hydroxylation is 1. The molecule has 1 atom stereocenters. The van der Waals surface area contributed by atoms with Gasteiger partial charge in [0.25, 0.3) is 0 Å². The molecule has 1 aliphatic heterocycles. The van der Waals surface area contributed by atoms with Crippen LogP contribution in [0.2, 0.25) is 0 Å². The van der Waals surface area contributed by atoms with Crippen LogP contribution in [-0.4, -0.2) is 42.3 Å². The van der Waals surface area contributed by atoms with E-state index in [2.05, 4.69) is 41.0 Å². The zero-order chi connectivity index (χ0) is 14.4. The zero-order valence-electron chi connectivity index (χ0n) is 12.9. The summed E-state index contributed by atoms with van der Waals surface area (Å²) in [6, 6.07) is 0. The van der Waals surface area contributed by atoms with E-state index in [-0.39, 0.29) is 6.10 Å². The lowest BCUT2D eigenvalue weighted by atomic mass is 10.2. The second-order valence-corrected chi connectivity index (χ2v) is 5.44. The Labute approximate surface area is 121 Å². The van der Waals surface area contributed by atoms with Crippen molar-refractivity contribution in [3.05, 3.63) is 17.5 Å². The van der Waals surface area contributed by atoms with Gasteiger partial charge in [0.15, 0.2) is 0 Å². The predicted molar refractivity (Wildman–Crippen MR) is 81.0 cm³/mol. The van der Waals surface area contributed by atoms with Gasteiger partial charge in [-0.25, -0.2) is 9.97 Å². The zero-order valence-corrected chi connectivity index (χ0v) is 12.9. The molecule has 5 nitrogen and oxygen atoms in total.